The highest BCUT2D eigenvalue weighted by molar-refractivity contribution is 5.73. The molecule has 0 aromatic heterocycles. The van der Waals surface area contributed by atoms with Crippen LogP contribution in [0.5, 0.6) is 0 Å². The highest BCUT2D eigenvalue weighted by atomic mass is 16.6. The summed E-state index contributed by atoms with van der Waals surface area (Å²) in [4.78, 5) is 11.3. The molecule has 2 unspecified atom stereocenters. The minimum Gasteiger partial charge on any atom is -0.457 e. The number of carbonyl (C=O) groups is 1. The third-order valence-corrected chi connectivity index (χ3v) is 4.30. The first-order valence-electron chi connectivity index (χ1n) is 6.00. The SMILES string of the molecule is CC1(C)CCCC2=C1C1OC(=O)CC1C2. The summed E-state index contributed by atoms with van der Waals surface area (Å²) in [6.45, 7) is 4.60. The molecule has 3 aliphatic rings. The van der Waals surface area contributed by atoms with Crippen LogP contribution >= 0.6 is 0 Å². The summed E-state index contributed by atoms with van der Waals surface area (Å²) in [6.07, 6.45) is 5.70. The molecule has 2 atom stereocenters. The van der Waals surface area contributed by atoms with E-state index in [2.05, 4.69) is 13.8 Å². The van der Waals surface area contributed by atoms with E-state index in [-0.39, 0.29) is 17.5 Å². The normalized spacial score (nSPS) is 37.6. The first kappa shape index (κ1) is 9.44. The highest BCUT2D eigenvalue weighted by Gasteiger charge is 2.49. The van der Waals surface area contributed by atoms with Gasteiger partial charge in [0.15, 0.2) is 0 Å². The predicted molar refractivity (Wildman–Crippen MR) is 57.3 cm³/mol. The van der Waals surface area contributed by atoms with Crippen molar-refractivity contribution in [3.8, 4) is 0 Å². The van der Waals surface area contributed by atoms with Crippen LogP contribution in [0.25, 0.3) is 0 Å². The maximum Gasteiger partial charge on any atom is 0.306 e. The van der Waals surface area contributed by atoms with E-state index < -0.39 is 0 Å². The second kappa shape index (κ2) is 2.87. The van der Waals surface area contributed by atoms with Crippen LogP contribution in [0.1, 0.15) is 46.0 Å². The summed E-state index contributed by atoms with van der Waals surface area (Å²) in [6, 6.07) is 0. The number of esters is 1. The van der Waals surface area contributed by atoms with Crippen molar-refractivity contribution in [1.82, 2.24) is 0 Å². The van der Waals surface area contributed by atoms with Crippen molar-refractivity contribution in [2.24, 2.45) is 11.3 Å². The molecule has 0 radical (unpaired) electrons. The standard InChI is InChI=1S/C13H18O2/c1-13(2)5-3-4-8-6-9-7-10(14)15-12(9)11(8)13/h9,12H,3-7H2,1-2H3. The van der Waals surface area contributed by atoms with Gasteiger partial charge in [-0.15, -0.1) is 0 Å². The summed E-state index contributed by atoms with van der Waals surface area (Å²) < 4.78 is 5.49. The van der Waals surface area contributed by atoms with Gasteiger partial charge in [-0.1, -0.05) is 19.4 Å². The average Bonchev–Trinajstić information content (AvgIpc) is 2.58. The maximum atomic E-state index is 11.3. The third kappa shape index (κ3) is 1.27. The topological polar surface area (TPSA) is 26.3 Å². The Hall–Kier alpha value is -0.790. The Morgan fingerprint density at radius 2 is 2.13 bits per heavy atom. The van der Waals surface area contributed by atoms with E-state index in [9.17, 15) is 4.79 Å². The van der Waals surface area contributed by atoms with Crippen LogP contribution in [0, 0.1) is 11.3 Å². The fraction of sp³-hybridized carbons (Fsp3) is 0.769. The highest BCUT2D eigenvalue weighted by Crippen LogP contribution is 2.53. The lowest BCUT2D eigenvalue weighted by Gasteiger charge is -2.34. The summed E-state index contributed by atoms with van der Waals surface area (Å²) in [5, 5.41) is 0. The van der Waals surface area contributed by atoms with Crippen LogP contribution < -0.4 is 0 Å². The Kier molecular flexibility index (Phi) is 1.80. The quantitative estimate of drug-likeness (QED) is 0.450. The second-order valence-corrected chi connectivity index (χ2v) is 5.83. The van der Waals surface area contributed by atoms with Crippen LogP contribution in [0.4, 0.5) is 0 Å². The van der Waals surface area contributed by atoms with E-state index in [0.29, 0.717) is 12.3 Å². The number of ether oxygens (including phenoxy) is 1. The van der Waals surface area contributed by atoms with Crippen LogP contribution in [-0.4, -0.2) is 12.1 Å². The van der Waals surface area contributed by atoms with Gasteiger partial charge in [0.1, 0.15) is 6.10 Å². The van der Waals surface area contributed by atoms with Gasteiger partial charge in [-0.05, 0) is 36.7 Å². The number of hydrogen-bond donors (Lipinski definition) is 0. The van der Waals surface area contributed by atoms with E-state index in [1.54, 1.807) is 5.57 Å². The minimum absolute atomic E-state index is 0.0120. The maximum absolute atomic E-state index is 11.3. The van der Waals surface area contributed by atoms with E-state index in [1.165, 1.54) is 24.8 Å². The lowest BCUT2D eigenvalue weighted by Crippen LogP contribution is -2.27. The molecule has 0 bridgehead atoms. The lowest BCUT2D eigenvalue weighted by atomic mass is 9.72. The van der Waals surface area contributed by atoms with E-state index in [0.717, 1.165) is 6.42 Å². The van der Waals surface area contributed by atoms with Crippen molar-refractivity contribution in [2.45, 2.75) is 52.1 Å². The fourth-order valence-corrected chi connectivity index (χ4v) is 3.69. The summed E-state index contributed by atoms with van der Waals surface area (Å²) in [5.41, 5.74) is 3.34. The molecule has 0 saturated carbocycles. The third-order valence-electron chi connectivity index (χ3n) is 4.30. The van der Waals surface area contributed by atoms with Crippen molar-refractivity contribution in [3.05, 3.63) is 11.1 Å². The zero-order valence-electron chi connectivity index (χ0n) is 9.51. The van der Waals surface area contributed by atoms with Gasteiger partial charge in [0.2, 0.25) is 0 Å². The van der Waals surface area contributed by atoms with Crippen molar-refractivity contribution in [3.63, 3.8) is 0 Å². The van der Waals surface area contributed by atoms with Gasteiger partial charge in [0, 0.05) is 5.92 Å². The molecule has 82 valence electrons. The summed E-state index contributed by atoms with van der Waals surface area (Å²) in [5.74, 6) is 0.484. The molecule has 2 nitrogen and oxygen atoms in total. The molecule has 0 spiro atoms. The molecular formula is C13H18O2. The fourth-order valence-electron chi connectivity index (χ4n) is 3.69. The van der Waals surface area contributed by atoms with Crippen LogP contribution in [0.3, 0.4) is 0 Å². The first-order valence-corrected chi connectivity index (χ1v) is 6.00. The molecule has 2 aliphatic carbocycles. The van der Waals surface area contributed by atoms with E-state index in [1.807, 2.05) is 0 Å². The zero-order valence-corrected chi connectivity index (χ0v) is 9.51. The second-order valence-electron chi connectivity index (χ2n) is 5.83. The molecule has 1 fully saturated rings. The van der Waals surface area contributed by atoms with Crippen LogP contribution in [-0.2, 0) is 9.53 Å². The molecule has 0 amide bonds. The summed E-state index contributed by atoms with van der Waals surface area (Å²) in [7, 11) is 0. The molecule has 2 heteroatoms. The Balaban J connectivity index is 1.99. The van der Waals surface area contributed by atoms with Crippen LogP contribution in [0.15, 0.2) is 11.1 Å². The van der Waals surface area contributed by atoms with Gasteiger partial charge in [0.25, 0.3) is 0 Å². The Morgan fingerprint density at radius 1 is 1.33 bits per heavy atom. The molecule has 1 heterocycles. The molecular weight excluding hydrogens is 188 g/mol. The van der Waals surface area contributed by atoms with Crippen molar-refractivity contribution < 1.29 is 9.53 Å². The molecule has 1 aliphatic heterocycles. The molecule has 3 rings (SSSR count). The average molecular weight is 206 g/mol. The van der Waals surface area contributed by atoms with Crippen LogP contribution in [0.2, 0.25) is 0 Å². The number of carbonyl (C=O) groups excluding carboxylic acids is 1. The Morgan fingerprint density at radius 3 is 2.93 bits per heavy atom. The zero-order chi connectivity index (χ0) is 10.6. The number of rotatable bonds is 0. The van der Waals surface area contributed by atoms with Gasteiger partial charge in [0.05, 0.1) is 6.42 Å². The summed E-state index contributed by atoms with van der Waals surface area (Å²) >= 11 is 0. The van der Waals surface area contributed by atoms with E-state index in [4.69, 9.17) is 4.74 Å². The number of hydrogen-bond acceptors (Lipinski definition) is 2. The van der Waals surface area contributed by atoms with Gasteiger partial charge < -0.3 is 4.74 Å². The monoisotopic (exact) mass is 206 g/mol. The Bertz CT molecular complexity index is 352. The lowest BCUT2D eigenvalue weighted by molar-refractivity contribution is -0.140. The molecule has 1 saturated heterocycles. The van der Waals surface area contributed by atoms with Crippen molar-refractivity contribution in [2.75, 3.05) is 0 Å². The smallest absolute Gasteiger partial charge is 0.306 e. The molecule has 0 aromatic carbocycles. The number of allylic oxidation sites excluding steroid dienone is 1. The van der Waals surface area contributed by atoms with E-state index >= 15 is 0 Å². The largest absolute Gasteiger partial charge is 0.457 e. The molecule has 15 heavy (non-hydrogen) atoms. The van der Waals surface area contributed by atoms with Gasteiger partial charge >= 0.3 is 5.97 Å². The Labute approximate surface area is 90.7 Å². The number of fused-ring (bicyclic) bond motifs is 2. The van der Waals surface area contributed by atoms with Crippen molar-refractivity contribution in [1.29, 1.82) is 0 Å². The van der Waals surface area contributed by atoms with Gasteiger partial charge in [-0.2, -0.15) is 0 Å². The predicted octanol–water partition coefficient (Wildman–Crippen LogP) is 2.83. The first-order chi connectivity index (χ1) is 7.08. The van der Waals surface area contributed by atoms with Gasteiger partial charge in [-0.25, -0.2) is 0 Å². The minimum atomic E-state index is 0.0120. The molecule has 0 N–H and O–H groups in total. The molecule has 0 aromatic rings. The van der Waals surface area contributed by atoms with Gasteiger partial charge in [-0.3, -0.25) is 4.79 Å². The van der Waals surface area contributed by atoms with Crippen molar-refractivity contribution >= 4 is 5.97 Å².